The first-order valence-electron chi connectivity index (χ1n) is 5.04. The van der Waals surface area contributed by atoms with Gasteiger partial charge in [0.15, 0.2) is 0 Å². The molecular weight excluding hydrogens is 273 g/mol. The summed E-state index contributed by atoms with van der Waals surface area (Å²) in [4.78, 5) is 17.8. The number of aliphatic hydroxyl groups is 1. The lowest BCUT2D eigenvalue weighted by Crippen LogP contribution is -2.43. The molecule has 5 N–H and O–H groups in total. The smallest absolute Gasteiger partial charge is 0.363 e. The van der Waals surface area contributed by atoms with Crippen molar-refractivity contribution in [2.24, 2.45) is 5.92 Å². The molecule has 1 saturated heterocycles. The number of nitrogens with one attached hydrogen (secondary N) is 1. The first kappa shape index (κ1) is 15.0. The molecule has 0 aromatic rings. The summed E-state index contributed by atoms with van der Waals surface area (Å²) >= 11 is 0. The summed E-state index contributed by atoms with van der Waals surface area (Å²) in [6.45, 7) is 1.08. The van der Waals surface area contributed by atoms with E-state index in [0.29, 0.717) is 19.4 Å². The van der Waals surface area contributed by atoms with Crippen molar-refractivity contribution in [3.63, 3.8) is 0 Å². The molecule has 1 aliphatic heterocycles. The monoisotopic (exact) mass is 289 g/mol. The van der Waals surface area contributed by atoms with E-state index in [-0.39, 0.29) is 0 Å². The highest BCUT2D eigenvalue weighted by atomic mass is 32.2. The van der Waals surface area contributed by atoms with E-state index < -0.39 is 34.7 Å². The van der Waals surface area contributed by atoms with Crippen LogP contribution in [-0.2, 0) is 14.7 Å². The Labute approximate surface area is 98.9 Å². The van der Waals surface area contributed by atoms with Crippen LogP contribution < -0.4 is 5.32 Å². The number of piperidine rings is 1. The lowest BCUT2D eigenvalue weighted by Gasteiger charge is -2.31. The first-order chi connectivity index (χ1) is 7.58. The van der Waals surface area contributed by atoms with Gasteiger partial charge in [0.1, 0.15) is 0 Å². The maximum Gasteiger partial charge on any atom is 0.375 e. The summed E-state index contributed by atoms with van der Waals surface area (Å²) in [5.74, 6) is -0.414. The number of rotatable bonds is 4. The molecule has 0 aromatic heterocycles. The number of hydrogen-bond acceptors (Lipinski definition) is 5. The Bertz CT molecular complexity index is 412. The van der Waals surface area contributed by atoms with Crippen LogP contribution in [0.15, 0.2) is 0 Å². The zero-order valence-electron chi connectivity index (χ0n) is 8.98. The first-order valence-corrected chi connectivity index (χ1v) is 8.09. The molecule has 0 saturated carbocycles. The minimum Gasteiger partial charge on any atom is -0.363 e. The predicted molar refractivity (Wildman–Crippen MR) is 58.8 cm³/mol. The molecule has 2 unspecified atom stereocenters. The fraction of sp³-hybridized carbons (Fsp3) is 1.00. The largest absolute Gasteiger partial charge is 0.375 e. The standard InChI is InChI=1S/C7H16NO7PS/c9-7(16(10,11)12,17(13,14)15)4-6-2-1-3-8-5-6/h6,8-9H,1-5H2,(H2,10,11,12)(H,13,14,15). The van der Waals surface area contributed by atoms with Crippen LogP contribution in [0.1, 0.15) is 19.3 Å². The summed E-state index contributed by atoms with van der Waals surface area (Å²) in [5, 5.41) is 12.5. The number of hydrogen-bond donors (Lipinski definition) is 5. The predicted octanol–water partition coefficient (Wildman–Crippen LogP) is -0.912. The minimum absolute atomic E-state index is 0.345. The van der Waals surface area contributed by atoms with Gasteiger partial charge in [-0.3, -0.25) is 9.12 Å². The molecule has 10 heteroatoms. The zero-order chi connectivity index (χ0) is 13.3. The van der Waals surface area contributed by atoms with Gasteiger partial charge in [0.2, 0.25) is 0 Å². The molecule has 0 bridgehead atoms. The summed E-state index contributed by atoms with van der Waals surface area (Å²) in [6, 6.07) is 0. The molecule has 17 heavy (non-hydrogen) atoms. The maximum absolute atomic E-state index is 11.1. The highest BCUT2D eigenvalue weighted by molar-refractivity contribution is 7.94. The molecule has 1 fully saturated rings. The van der Waals surface area contributed by atoms with Crippen molar-refractivity contribution in [1.82, 2.24) is 5.32 Å². The van der Waals surface area contributed by atoms with Crippen molar-refractivity contribution in [2.45, 2.75) is 23.9 Å². The Morgan fingerprint density at radius 3 is 2.35 bits per heavy atom. The summed E-state index contributed by atoms with van der Waals surface area (Å²) < 4.78 is 38.4. The second kappa shape index (κ2) is 4.93. The lowest BCUT2D eigenvalue weighted by atomic mass is 9.96. The second-order valence-electron chi connectivity index (χ2n) is 4.18. The minimum atomic E-state index is -5.39. The van der Waals surface area contributed by atoms with Gasteiger partial charge in [-0.1, -0.05) is 0 Å². The van der Waals surface area contributed by atoms with Crippen molar-refractivity contribution in [1.29, 1.82) is 0 Å². The Morgan fingerprint density at radius 1 is 1.41 bits per heavy atom. The quantitative estimate of drug-likeness (QED) is 0.330. The molecule has 8 nitrogen and oxygen atoms in total. The van der Waals surface area contributed by atoms with Crippen LogP contribution in [0.3, 0.4) is 0 Å². The molecule has 0 amide bonds. The third-order valence-electron chi connectivity index (χ3n) is 2.82. The van der Waals surface area contributed by atoms with E-state index in [2.05, 4.69) is 5.32 Å². The fourth-order valence-electron chi connectivity index (χ4n) is 1.85. The van der Waals surface area contributed by atoms with Gasteiger partial charge in [-0.05, 0) is 31.8 Å². The van der Waals surface area contributed by atoms with Gasteiger partial charge in [-0.2, -0.15) is 8.42 Å². The summed E-state index contributed by atoms with van der Waals surface area (Å²) in [6.07, 6.45) is 0.557. The van der Waals surface area contributed by atoms with Gasteiger partial charge < -0.3 is 20.2 Å². The van der Waals surface area contributed by atoms with E-state index in [1.165, 1.54) is 0 Å². The Morgan fingerprint density at radius 2 is 2.00 bits per heavy atom. The van der Waals surface area contributed by atoms with E-state index in [9.17, 15) is 18.1 Å². The van der Waals surface area contributed by atoms with E-state index in [1.807, 2.05) is 0 Å². The molecule has 1 heterocycles. The lowest BCUT2D eigenvalue weighted by molar-refractivity contribution is 0.119. The van der Waals surface area contributed by atoms with Gasteiger partial charge in [0, 0.05) is 6.42 Å². The van der Waals surface area contributed by atoms with Gasteiger partial charge >= 0.3 is 17.7 Å². The highest BCUT2D eigenvalue weighted by Crippen LogP contribution is 2.55. The molecule has 0 aliphatic carbocycles. The third kappa shape index (κ3) is 3.25. The molecule has 2 atom stereocenters. The van der Waals surface area contributed by atoms with Crippen molar-refractivity contribution in [3.8, 4) is 0 Å². The average Bonchev–Trinajstić information content (AvgIpc) is 2.15. The van der Waals surface area contributed by atoms with Gasteiger partial charge in [-0.25, -0.2) is 0 Å². The van der Waals surface area contributed by atoms with E-state index in [0.717, 1.165) is 6.54 Å². The summed E-state index contributed by atoms with van der Waals surface area (Å²) in [7, 11) is -10.6. The molecule has 0 spiro atoms. The van der Waals surface area contributed by atoms with Crippen LogP contribution in [0.25, 0.3) is 0 Å². The average molecular weight is 289 g/mol. The van der Waals surface area contributed by atoms with Gasteiger partial charge in [0.05, 0.1) is 0 Å². The third-order valence-corrected chi connectivity index (χ3v) is 6.31. The van der Waals surface area contributed by atoms with Crippen LogP contribution in [0, 0.1) is 5.92 Å². The van der Waals surface area contributed by atoms with Crippen molar-refractivity contribution >= 4 is 17.7 Å². The molecule has 0 aromatic carbocycles. The highest BCUT2D eigenvalue weighted by Gasteiger charge is 2.57. The molecule has 1 rings (SSSR count). The Hall–Kier alpha value is -0.0200. The van der Waals surface area contributed by atoms with E-state index >= 15 is 0 Å². The van der Waals surface area contributed by atoms with Crippen LogP contribution >= 0.6 is 7.60 Å². The zero-order valence-corrected chi connectivity index (χ0v) is 10.7. The van der Waals surface area contributed by atoms with Crippen LogP contribution in [0.4, 0.5) is 0 Å². The summed E-state index contributed by atoms with van der Waals surface area (Å²) in [5.41, 5.74) is 0. The second-order valence-corrected chi connectivity index (χ2v) is 7.93. The van der Waals surface area contributed by atoms with Crippen LogP contribution in [0.2, 0.25) is 0 Å². The van der Waals surface area contributed by atoms with Gasteiger partial charge in [-0.15, -0.1) is 0 Å². The molecule has 0 radical (unpaired) electrons. The molecule has 1 aliphatic rings. The van der Waals surface area contributed by atoms with Gasteiger partial charge in [0.25, 0.3) is 4.67 Å². The van der Waals surface area contributed by atoms with Crippen molar-refractivity contribution in [2.75, 3.05) is 13.1 Å². The van der Waals surface area contributed by atoms with Crippen molar-refractivity contribution < 1.29 is 32.4 Å². The Balaban J connectivity index is 2.97. The van der Waals surface area contributed by atoms with Crippen LogP contribution in [-0.4, -0.2) is 45.6 Å². The van der Waals surface area contributed by atoms with E-state index in [1.54, 1.807) is 0 Å². The molecule has 102 valence electrons. The Kier molecular flexibility index (Phi) is 4.36. The van der Waals surface area contributed by atoms with Crippen molar-refractivity contribution in [3.05, 3.63) is 0 Å². The topological polar surface area (TPSA) is 144 Å². The maximum atomic E-state index is 11.1. The molecular formula is C7H16NO7PS. The SMILES string of the molecule is O=P(O)(O)C(O)(CC1CCCNC1)S(=O)(=O)O. The van der Waals surface area contributed by atoms with Crippen LogP contribution in [0.5, 0.6) is 0 Å². The normalized spacial score (nSPS) is 26.5. The fourth-order valence-corrected chi connectivity index (χ4v) is 3.99. The van der Waals surface area contributed by atoms with E-state index in [4.69, 9.17) is 14.3 Å².